The molecule has 0 saturated carbocycles. The molecule has 68 valence electrons. The molecule has 0 atom stereocenters. The first kappa shape index (κ1) is 9.10. The van der Waals surface area contributed by atoms with Gasteiger partial charge in [0.15, 0.2) is 0 Å². The molecule has 0 spiro atoms. The topological polar surface area (TPSA) is 43.8 Å². The summed E-state index contributed by atoms with van der Waals surface area (Å²) in [6.07, 6.45) is 2.36. The van der Waals surface area contributed by atoms with Crippen LogP contribution in [0, 0.1) is 13.8 Å². The summed E-state index contributed by atoms with van der Waals surface area (Å²) in [6, 6.07) is 0. The van der Waals surface area contributed by atoms with E-state index < -0.39 is 0 Å². The molecule has 0 saturated heterocycles. The Kier molecular flexibility index (Phi) is 2.74. The van der Waals surface area contributed by atoms with Gasteiger partial charge in [-0.2, -0.15) is 5.10 Å². The number of rotatable bonds is 3. The Morgan fingerprint density at radius 1 is 1.42 bits per heavy atom. The van der Waals surface area contributed by atoms with Gasteiger partial charge in [-0.05, 0) is 20.3 Å². The average Bonchev–Trinajstić information content (AvgIpc) is 2.30. The number of aromatic nitrogens is 2. The van der Waals surface area contributed by atoms with Gasteiger partial charge in [-0.1, -0.05) is 13.3 Å². The number of nitrogens with zero attached hydrogens (tertiary/aromatic N) is 2. The van der Waals surface area contributed by atoms with Crippen molar-refractivity contribution in [3.63, 3.8) is 0 Å². The van der Waals surface area contributed by atoms with E-state index in [1.807, 2.05) is 18.5 Å². The molecule has 0 unspecified atom stereocenters. The van der Waals surface area contributed by atoms with Gasteiger partial charge in [-0.25, -0.2) is 0 Å². The van der Waals surface area contributed by atoms with Gasteiger partial charge in [0.25, 0.3) is 0 Å². The van der Waals surface area contributed by atoms with Crippen molar-refractivity contribution in [2.75, 3.05) is 5.73 Å². The molecular weight excluding hydrogens is 150 g/mol. The maximum Gasteiger partial charge on any atom is 0.0825 e. The SMILES string of the molecule is CCCCn1nc(C)c(N)c1C. The zero-order chi connectivity index (χ0) is 9.14. The van der Waals surface area contributed by atoms with Crippen LogP contribution in [0.2, 0.25) is 0 Å². The van der Waals surface area contributed by atoms with Crippen molar-refractivity contribution in [2.24, 2.45) is 0 Å². The quantitative estimate of drug-likeness (QED) is 0.747. The van der Waals surface area contributed by atoms with Crippen LogP contribution in [0.1, 0.15) is 31.2 Å². The van der Waals surface area contributed by atoms with Crippen LogP contribution in [0.5, 0.6) is 0 Å². The zero-order valence-electron chi connectivity index (χ0n) is 8.09. The van der Waals surface area contributed by atoms with Crippen LogP contribution in [0.3, 0.4) is 0 Å². The molecule has 0 aromatic carbocycles. The van der Waals surface area contributed by atoms with E-state index in [1.165, 1.54) is 12.8 Å². The molecule has 0 aliphatic rings. The molecular formula is C9H17N3. The molecule has 0 aliphatic heterocycles. The first-order valence-electron chi connectivity index (χ1n) is 4.46. The Bertz CT molecular complexity index is 263. The van der Waals surface area contributed by atoms with Crippen molar-refractivity contribution in [3.8, 4) is 0 Å². The summed E-state index contributed by atoms with van der Waals surface area (Å²) in [5, 5.41) is 4.34. The van der Waals surface area contributed by atoms with Crippen LogP contribution in [0.4, 0.5) is 5.69 Å². The lowest BCUT2D eigenvalue weighted by atomic mass is 10.3. The largest absolute Gasteiger partial charge is 0.396 e. The first-order valence-corrected chi connectivity index (χ1v) is 4.46. The normalized spacial score (nSPS) is 10.6. The van der Waals surface area contributed by atoms with Crippen molar-refractivity contribution in [3.05, 3.63) is 11.4 Å². The maximum absolute atomic E-state index is 5.79. The van der Waals surface area contributed by atoms with Gasteiger partial charge in [-0.15, -0.1) is 0 Å². The molecule has 0 bridgehead atoms. The summed E-state index contributed by atoms with van der Waals surface area (Å²) in [5.74, 6) is 0. The molecule has 0 fully saturated rings. The van der Waals surface area contributed by atoms with Gasteiger partial charge in [0, 0.05) is 6.54 Å². The Balaban J connectivity index is 2.79. The van der Waals surface area contributed by atoms with E-state index in [-0.39, 0.29) is 0 Å². The number of unbranched alkanes of at least 4 members (excludes halogenated alkanes) is 1. The van der Waals surface area contributed by atoms with E-state index in [0.29, 0.717) is 0 Å². The highest BCUT2D eigenvalue weighted by Gasteiger charge is 2.06. The fourth-order valence-corrected chi connectivity index (χ4v) is 1.24. The van der Waals surface area contributed by atoms with E-state index in [0.717, 1.165) is 23.6 Å². The Hall–Kier alpha value is -0.990. The van der Waals surface area contributed by atoms with Crippen molar-refractivity contribution < 1.29 is 0 Å². The van der Waals surface area contributed by atoms with Crippen molar-refractivity contribution in [2.45, 2.75) is 40.2 Å². The number of nitrogen functional groups attached to an aromatic ring is 1. The molecule has 3 heteroatoms. The highest BCUT2D eigenvalue weighted by Crippen LogP contribution is 2.14. The van der Waals surface area contributed by atoms with Crippen molar-refractivity contribution in [1.29, 1.82) is 0 Å². The molecule has 0 radical (unpaired) electrons. The lowest BCUT2D eigenvalue weighted by Gasteiger charge is -2.01. The highest BCUT2D eigenvalue weighted by molar-refractivity contribution is 5.46. The zero-order valence-corrected chi connectivity index (χ0v) is 8.09. The summed E-state index contributed by atoms with van der Waals surface area (Å²) >= 11 is 0. The van der Waals surface area contributed by atoms with Crippen LogP contribution in [0.25, 0.3) is 0 Å². The van der Waals surface area contributed by atoms with Crippen LogP contribution in [-0.4, -0.2) is 9.78 Å². The van der Waals surface area contributed by atoms with Crippen molar-refractivity contribution in [1.82, 2.24) is 9.78 Å². The molecule has 0 aliphatic carbocycles. The predicted octanol–water partition coefficient (Wildman–Crippen LogP) is 1.88. The summed E-state index contributed by atoms with van der Waals surface area (Å²) in [5.41, 5.74) is 8.68. The fourth-order valence-electron chi connectivity index (χ4n) is 1.24. The standard InChI is InChI=1S/C9H17N3/c1-4-5-6-12-8(3)9(10)7(2)11-12/h4-6,10H2,1-3H3. The summed E-state index contributed by atoms with van der Waals surface area (Å²) in [6.45, 7) is 7.13. The number of hydrogen-bond acceptors (Lipinski definition) is 2. The van der Waals surface area contributed by atoms with Crippen LogP contribution in [0.15, 0.2) is 0 Å². The summed E-state index contributed by atoms with van der Waals surface area (Å²) < 4.78 is 1.99. The van der Waals surface area contributed by atoms with Crippen LogP contribution < -0.4 is 5.73 Å². The van der Waals surface area contributed by atoms with E-state index >= 15 is 0 Å². The third kappa shape index (κ3) is 1.60. The van der Waals surface area contributed by atoms with Gasteiger partial charge in [0.2, 0.25) is 0 Å². The maximum atomic E-state index is 5.79. The molecule has 3 nitrogen and oxygen atoms in total. The molecule has 1 aromatic rings. The monoisotopic (exact) mass is 167 g/mol. The lowest BCUT2D eigenvalue weighted by Crippen LogP contribution is -2.02. The molecule has 0 amide bonds. The van der Waals surface area contributed by atoms with E-state index in [1.54, 1.807) is 0 Å². The molecule has 2 N–H and O–H groups in total. The minimum Gasteiger partial charge on any atom is -0.396 e. The minimum atomic E-state index is 0.839. The second-order valence-electron chi connectivity index (χ2n) is 3.16. The van der Waals surface area contributed by atoms with Gasteiger partial charge in [0.05, 0.1) is 17.1 Å². The lowest BCUT2D eigenvalue weighted by molar-refractivity contribution is 0.556. The van der Waals surface area contributed by atoms with Crippen molar-refractivity contribution >= 4 is 5.69 Å². The molecule has 1 heterocycles. The van der Waals surface area contributed by atoms with Crippen LogP contribution >= 0.6 is 0 Å². The number of anilines is 1. The second kappa shape index (κ2) is 3.61. The molecule has 12 heavy (non-hydrogen) atoms. The first-order chi connectivity index (χ1) is 5.66. The Morgan fingerprint density at radius 3 is 2.50 bits per heavy atom. The second-order valence-corrected chi connectivity index (χ2v) is 3.16. The summed E-state index contributed by atoms with van der Waals surface area (Å²) in [7, 11) is 0. The average molecular weight is 167 g/mol. The smallest absolute Gasteiger partial charge is 0.0825 e. The van der Waals surface area contributed by atoms with E-state index in [2.05, 4.69) is 12.0 Å². The third-order valence-corrected chi connectivity index (χ3v) is 2.16. The third-order valence-electron chi connectivity index (χ3n) is 2.16. The molecule has 1 aromatic heterocycles. The van der Waals surface area contributed by atoms with Gasteiger partial charge >= 0.3 is 0 Å². The fraction of sp³-hybridized carbons (Fsp3) is 0.667. The number of aryl methyl sites for hydroxylation is 2. The molecule has 1 rings (SSSR count). The Morgan fingerprint density at radius 2 is 2.08 bits per heavy atom. The van der Waals surface area contributed by atoms with Gasteiger partial charge in [-0.3, -0.25) is 4.68 Å². The van der Waals surface area contributed by atoms with Gasteiger partial charge in [0.1, 0.15) is 0 Å². The van der Waals surface area contributed by atoms with E-state index in [9.17, 15) is 0 Å². The van der Waals surface area contributed by atoms with Gasteiger partial charge < -0.3 is 5.73 Å². The predicted molar refractivity (Wildman–Crippen MR) is 51.0 cm³/mol. The summed E-state index contributed by atoms with van der Waals surface area (Å²) in [4.78, 5) is 0. The van der Waals surface area contributed by atoms with E-state index in [4.69, 9.17) is 5.73 Å². The number of nitrogens with two attached hydrogens (primary N) is 1. The number of hydrogen-bond donors (Lipinski definition) is 1. The highest BCUT2D eigenvalue weighted by atomic mass is 15.3. The Labute approximate surface area is 73.6 Å². The minimum absolute atomic E-state index is 0.839. The van der Waals surface area contributed by atoms with Crippen LogP contribution in [-0.2, 0) is 6.54 Å².